The van der Waals surface area contributed by atoms with Gasteiger partial charge in [0.15, 0.2) is 0 Å². The molecule has 1 N–H and O–H groups in total. The van der Waals surface area contributed by atoms with E-state index < -0.39 is 5.78 Å². The van der Waals surface area contributed by atoms with Crippen LogP contribution in [0.2, 0.25) is 0 Å². The molecule has 0 aromatic heterocycles. The topological polar surface area (TPSA) is 49.4 Å². The van der Waals surface area contributed by atoms with Crippen molar-refractivity contribution in [2.75, 3.05) is 26.2 Å². The molecule has 1 aromatic carbocycles. The summed E-state index contributed by atoms with van der Waals surface area (Å²) < 4.78 is 0. The normalized spacial score (nSPS) is 16.1. The molecule has 1 aliphatic heterocycles. The first-order valence-corrected chi connectivity index (χ1v) is 7.24. The van der Waals surface area contributed by atoms with Crippen LogP contribution in [-0.4, -0.2) is 42.8 Å². The van der Waals surface area contributed by atoms with Gasteiger partial charge in [-0.2, -0.15) is 0 Å². The van der Waals surface area contributed by atoms with Gasteiger partial charge in [-0.3, -0.25) is 9.59 Å². The molecule has 2 rings (SSSR count). The number of Topliss-reactive ketones (excluding diaryl/α,β-unsaturated/α-hetero) is 1. The van der Waals surface area contributed by atoms with Gasteiger partial charge in [0, 0.05) is 25.2 Å². The van der Waals surface area contributed by atoms with Crippen LogP contribution in [0.1, 0.15) is 42.1 Å². The molecule has 1 amide bonds. The van der Waals surface area contributed by atoms with E-state index in [-0.39, 0.29) is 5.91 Å². The van der Waals surface area contributed by atoms with E-state index in [1.807, 2.05) is 12.1 Å². The zero-order chi connectivity index (χ0) is 14.5. The first-order valence-electron chi connectivity index (χ1n) is 7.24. The second-order valence-corrected chi connectivity index (χ2v) is 5.50. The Kier molecular flexibility index (Phi) is 4.90. The lowest BCUT2D eigenvalue weighted by Gasteiger charge is -2.19. The van der Waals surface area contributed by atoms with Crippen LogP contribution in [-0.2, 0) is 4.79 Å². The number of rotatable bonds is 3. The van der Waals surface area contributed by atoms with Crippen LogP contribution >= 0.6 is 0 Å². The Balaban J connectivity index is 2.07. The van der Waals surface area contributed by atoms with Gasteiger partial charge in [-0.25, -0.2) is 0 Å². The zero-order valence-corrected chi connectivity index (χ0v) is 12.2. The molecule has 4 heteroatoms. The number of hydrogen-bond donors (Lipinski definition) is 1. The van der Waals surface area contributed by atoms with Crippen molar-refractivity contribution in [1.82, 2.24) is 10.2 Å². The third-order valence-corrected chi connectivity index (χ3v) is 3.66. The van der Waals surface area contributed by atoms with Crippen molar-refractivity contribution < 1.29 is 9.59 Å². The lowest BCUT2D eigenvalue weighted by Crippen LogP contribution is -2.38. The first kappa shape index (κ1) is 14.7. The van der Waals surface area contributed by atoms with Gasteiger partial charge >= 0.3 is 0 Å². The molecule has 1 fully saturated rings. The quantitative estimate of drug-likeness (QED) is 0.675. The molecule has 1 heterocycles. The SMILES string of the molecule is CC(C)c1ccc(C(=O)C(=O)N2CCCNCC2)cc1. The van der Waals surface area contributed by atoms with Gasteiger partial charge in [-0.1, -0.05) is 38.1 Å². The van der Waals surface area contributed by atoms with Gasteiger partial charge in [-0.05, 0) is 24.4 Å². The number of ketones is 1. The lowest BCUT2D eigenvalue weighted by molar-refractivity contribution is -0.126. The Bertz CT molecular complexity index is 472. The largest absolute Gasteiger partial charge is 0.334 e. The maximum Gasteiger partial charge on any atom is 0.295 e. The van der Waals surface area contributed by atoms with Crippen molar-refractivity contribution in [2.45, 2.75) is 26.2 Å². The van der Waals surface area contributed by atoms with Gasteiger partial charge in [0.25, 0.3) is 5.91 Å². The maximum absolute atomic E-state index is 12.2. The summed E-state index contributed by atoms with van der Waals surface area (Å²) in [4.78, 5) is 26.1. The molecule has 1 saturated heterocycles. The Labute approximate surface area is 120 Å². The van der Waals surface area contributed by atoms with Crippen molar-refractivity contribution in [3.63, 3.8) is 0 Å². The monoisotopic (exact) mass is 274 g/mol. The minimum atomic E-state index is -0.401. The van der Waals surface area contributed by atoms with Crippen molar-refractivity contribution >= 4 is 11.7 Å². The van der Waals surface area contributed by atoms with Gasteiger partial charge in [0.2, 0.25) is 5.78 Å². The Morgan fingerprint density at radius 3 is 2.45 bits per heavy atom. The number of hydrogen-bond acceptors (Lipinski definition) is 3. The second-order valence-electron chi connectivity index (χ2n) is 5.50. The lowest BCUT2D eigenvalue weighted by atomic mass is 10.0. The first-order chi connectivity index (χ1) is 9.59. The van der Waals surface area contributed by atoms with E-state index in [4.69, 9.17) is 0 Å². The minimum Gasteiger partial charge on any atom is -0.334 e. The molecule has 0 spiro atoms. The molecule has 0 atom stereocenters. The van der Waals surface area contributed by atoms with E-state index >= 15 is 0 Å². The summed E-state index contributed by atoms with van der Waals surface area (Å²) >= 11 is 0. The van der Waals surface area contributed by atoms with Crippen molar-refractivity contribution in [3.05, 3.63) is 35.4 Å². The second kappa shape index (κ2) is 6.66. The average molecular weight is 274 g/mol. The maximum atomic E-state index is 12.2. The van der Waals surface area contributed by atoms with E-state index in [1.54, 1.807) is 17.0 Å². The van der Waals surface area contributed by atoms with Gasteiger partial charge in [0.05, 0.1) is 0 Å². The highest BCUT2D eigenvalue weighted by Gasteiger charge is 2.23. The van der Waals surface area contributed by atoms with Gasteiger partial charge in [-0.15, -0.1) is 0 Å². The summed E-state index contributed by atoms with van der Waals surface area (Å²) in [5.74, 6) is -0.361. The van der Waals surface area contributed by atoms with Crippen LogP contribution in [0.25, 0.3) is 0 Å². The highest BCUT2D eigenvalue weighted by atomic mass is 16.2. The summed E-state index contributed by atoms with van der Waals surface area (Å²) in [5.41, 5.74) is 1.66. The van der Waals surface area contributed by atoms with Crippen LogP contribution in [0.4, 0.5) is 0 Å². The molecule has 108 valence electrons. The molecule has 0 unspecified atom stereocenters. The molecule has 0 bridgehead atoms. The van der Waals surface area contributed by atoms with Crippen LogP contribution in [0, 0.1) is 0 Å². The zero-order valence-electron chi connectivity index (χ0n) is 12.2. The van der Waals surface area contributed by atoms with Crippen molar-refractivity contribution in [3.8, 4) is 0 Å². The summed E-state index contributed by atoms with van der Waals surface area (Å²) in [5, 5.41) is 3.23. The fourth-order valence-electron chi connectivity index (χ4n) is 2.34. The molecule has 4 nitrogen and oxygen atoms in total. The van der Waals surface area contributed by atoms with Crippen LogP contribution in [0.3, 0.4) is 0 Å². The predicted octanol–water partition coefficient (Wildman–Crippen LogP) is 1.81. The average Bonchev–Trinajstić information content (AvgIpc) is 2.75. The van der Waals surface area contributed by atoms with E-state index in [0.717, 1.165) is 19.5 Å². The molecule has 1 aromatic rings. The number of carbonyl (C=O) groups is 2. The van der Waals surface area contributed by atoms with Gasteiger partial charge in [0.1, 0.15) is 0 Å². The molecule has 0 radical (unpaired) electrons. The number of nitrogens with zero attached hydrogens (tertiary/aromatic N) is 1. The number of carbonyl (C=O) groups excluding carboxylic acids is 2. The molecule has 0 saturated carbocycles. The smallest absolute Gasteiger partial charge is 0.295 e. The fraction of sp³-hybridized carbons (Fsp3) is 0.500. The van der Waals surface area contributed by atoms with Crippen molar-refractivity contribution in [2.24, 2.45) is 0 Å². The predicted molar refractivity (Wildman–Crippen MR) is 78.9 cm³/mol. The number of amides is 1. The van der Waals surface area contributed by atoms with Crippen LogP contribution < -0.4 is 5.32 Å². The summed E-state index contributed by atoms with van der Waals surface area (Å²) in [6.45, 7) is 7.13. The molecular formula is C16H22N2O2. The van der Waals surface area contributed by atoms with Crippen LogP contribution in [0.5, 0.6) is 0 Å². The Morgan fingerprint density at radius 2 is 1.80 bits per heavy atom. The van der Waals surface area contributed by atoms with E-state index in [1.165, 1.54) is 5.56 Å². The van der Waals surface area contributed by atoms with E-state index in [9.17, 15) is 9.59 Å². The van der Waals surface area contributed by atoms with E-state index in [2.05, 4.69) is 19.2 Å². The number of nitrogens with one attached hydrogen (secondary N) is 1. The molecular weight excluding hydrogens is 252 g/mol. The Hall–Kier alpha value is -1.68. The Morgan fingerprint density at radius 1 is 1.10 bits per heavy atom. The van der Waals surface area contributed by atoms with E-state index in [0.29, 0.717) is 24.6 Å². The molecule has 0 aliphatic carbocycles. The van der Waals surface area contributed by atoms with Crippen molar-refractivity contribution in [1.29, 1.82) is 0 Å². The molecule has 20 heavy (non-hydrogen) atoms. The third kappa shape index (κ3) is 3.45. The number of benzene rings is 1. The summed E-state index contributed by atoms with van der Waals surface area (Å²) in [6.07, 6.45) is 0.894. The summed E-state index contributed by atoms with van der Waals surface area (Å²) in [6, 6.07) is 7.36. The highest BCUT2D eigenvalue weighted by Crippen LogP contribution is 2.15. The highest BCUT2D eigenvalue weighted by molar-refractivity contribution is 6.42. The molecule has 1 aliphatic rings. The van der Waals surface area contributed by atoms with Gasteiger partial charge < -0.3 is 10.2 Å². The summed E-state index contributed by atoms with van der Waals surface area (Å²) in [7, 11) is 0. The standard InChI is InChI=1S/C16H22N2O2/c1-12(2)13-4-6-14(7-5-13)15(19)16(20)18-10-3-8-17-9-11-18/h4-7,12,17H,3,8-11H2,1-2H3. The third-order valence-electron chi connectivity index (χ3n) is 3.66. The van der Waals surface area contributed by atoms with Crippen LogP contribution in [0.15, 0.2) is 24.3 Å². The minimum absolute atomic E-state index is 0.383. The fourth-order valence-corrected chi connectivity index (χ4v) is 2.34.